The van der Waals surface area contributed by atoms with Gasteiger partial charge in [-0.15, -0.1) is 0 Å². The molecule has 1 N–H and O–H groups in total. The van der Waals surface area contributed by atoms with E-state index in [9.17, 15) is 9.90 Å². The fourth-order valence-electron chi connectivity index (χ4n) is 3.93. The maximum atomic E-state index is 12.3. The first-order chi connectivity index (χ1) is 12.2. The van der Waals surface area contributed by atoms with E-state index >= 15 is 0 Å². The van der Waals surface area contributed by atoms with Crippen molar-refractivity contribution in [3.8, 4) is 5.75 Å². The highest BCUT2D eigenvalue weighted by Gasteiger charge is 2.23. The van der Waals surface area contributed by atoms with Gasteiger partial charge in [-0.1, -0.05) is 0 Å². The van der Waals surface area contributed by atoms with Gasteiger partial charge in [0.1, 0.15) is 17.1 Å². The van der Waals surface area contributed by atoms with Crippen LogP contribution in [-0.4, -0.2) is 42.2 Å². The second kappa shape index (κ2) is 7.08. The van der Waals surface area contributed by atoms with Crippen molar-refractivity contribution in [2.75, 3.05) is 26.3 Å². The summed E-state index contributed by atoms with van der Waals surface area (Å²) in [7, 11) is 0. The van der Waals surface area contributed by atoms with Crippen molar-refractivity contribution in [1.29, 1.82) is 0 Å². The zero-order valence-electron chi connectivity index (χ0n) is 14.5. The summed E-state index contributed by atoms with van der Waals surface area (Å²) in [5.74, 6) is 2.19. The molecule has 2 aromatic rings. The third-order valence-corrected chi connectivity index (χ3v) is 5.51. The predicted molar refractivity (Wildman–Crippen MR) is 94.7 cm³/mol. The Balaban J connectivity index is 1.40. The summed E-state index contributed by atoms with van der Waals surface area (Å²) >= 11 is 0. The van der Waals surface area contributed by atoms with Crippen molar-refractivity contribution in [1.82, 2.24) is 4.90 Å². The van der Waals surface area contributed by atoms with Crippen LogP contribution in [0.1, 0.15) is 37.0 Å². The number of hydrogen-bond donors (Lipinski definition) is 1. The summed E-state index contributed by atoms with van der Waals surface area (Å²) < 4.78 is 11.7. The van der Waals surface area contributed by atoms with Crippen LogP contribution in [0.25, 0.3) is 11.0 Å². The molecule has 0 unspecified atom stereocenters. The molecule has 0 atom stereocenters. The Hall–Kier alpha value is -2.01. The van der Waals surface area contributed by atoms with E-state index < -0.39 is 0 Å². The van der Waals surface area contributed by atoms with Gasteiger partial charge >= 0.3 is 0 Å². The number of likely N-dealkylation sites (tertiary alicyclic amines) is 1. The van der Waals surface area contributed by atoms with E-state index in [1.165, 1.54) is 18.4 Å². The topological polar surface area (TPSA) is 62.9 Å². The minimum absolute atomic E-state index is 0.0192. The van der Waals surface area contributed by atoms with Crippen LogP contribution in [0.15, 0.2) is 22.6 Å². The fraction of sp³-hybridized carbons (Fsp3) is 0.550. The highest BCUT2D eigenvalue weighted by molar-refractivity contribution is 5.84. The van der Waals surface area contributed by atoms with Gasteiger partial charge in [-0.25, -0.2) is 0 Å². The van der Waals surface area contributed by atoms with Gasteiger partial charge in [0.25, 0.3) is 5.91 Å². The third kappa shape index (κ3) is 3.38. The monoisotopic (exact) mass is 343 g/mol. The summed E-state index contributed by atoms with van der Waals surface area (Å²) in [6.45, 7) is 1.70. The number of furan rings is 1. The summed E-state index contributed by atoms with van der Waals surface area (Å²) in [5, 5.41) is 10.3. The number of piperidine rings is 1. The molecule has 0 bridgehead atoms. The molecule has 2 heterocycles. The lowest BCUT2D eigenvalue weighted by atomic mass is 9.96. The molecular formula is C20H25NO4. The number of ether oxygens (including phenoxy) is 1. The summed E-state index contributed by atoms with van der Waals surface area (Å²) in [6, 6.07) is 5.83. The van der Waals surface area contributed by atoms with Crippen LogP contribution in [0, 0.1) is 5.92 Å². The molecule has 0 spiro atoms. The van der Waals surface area contributed by atoms with E-state index in [-0.39, 0.29) is 19.1 Å². The maximum absolute atomic E-state index is 12.3. The minimum Gasteiger partial charge on any atom is -0.484 e. The smallest absolute Gasteiger partial charge is 0.260 e. The number of amides is 1. The number of benzene rings is 1. The normalized spacial score (nSPS) is 18.4. The molecule has 5 nitrogen and oxygen atoms in total. The molecule has 1 aliphatic carbocycles. The number of carbonyl (C=O) groups excluding carboxylic acids is 1. The van der Waals surface area contributed by atoms with Crippen molar-refractivity contribution in [3.63, 3.8) is 0 Å². The molecule has 1 fully saturated rings. The number of aryl methyl sites for hydroxylation is 2. The number of aliphatic hydroxyl groups is 1. The number of hydrogen-bond acceptors (Lipinski definition) is 4. The summed E-state index contributed by atoms with van der Waals surface area (Å²) in [5.41, 5.74) is 2.22. The minimum atomic E-state index is 0.0192. The Morgan fingerprint density at radius 3 is 2.84 bits per heavy atom. The highest BCUT2D eigenvalue weighted by Crippen LogP contribution is 2.34. The first-order valence-electron chi connectivity index (χ1n) is 9.30. The van der Waals surface area contributed by atoms with Crippen LogP contribution >= 0.6 is 0 Å². The molecule has 1 aliphatic heterocycles. The molecule has 2 aliphatic rings. The Morgan fingerprint density at radius 2 is 2.04 bits per heavy atom. The van der Waals surface area contributed by atoms with Crippen LogP contribution in [0.2, 0.25) is 0 Å². The molecule has 1 saturated heterocycles. The lowest BCUT2D eigenvalue weighted by Crippen LogP contribution is -2.41. The lowest BCUT2D eigenvalue weighted by Gasteiger charge is -2.31. The van der Waals surface area contributed by atoms with Gasteiger partial charge in [0.2, 0.25) is 0 Å². The summed E-state index contributed by atoms with van der Waals surface area (Å²) in [6.07, 6.45) is 6.21. The Labute approximate surface area is 147 Å². The number of carbonyl (C=O) groups is 1. The van der Waals surface area contributed by atoms with Gasteiger partial charge in [0.15, 0.2) is 6.61 Å². The van der Waals surface area contributed by atoms with E-state index in [2.05, 4.69) is 0 Å². The number of aliphatic hydroxyl groups excluding tert-OH is 1. The molecule has 4 rings (SSSR count). The lowest BCUT2D eigenvalue weighted by molar-refractivity contribution is -0.134. The van der Waals surface area contributed by atoms with Crippen molar-refractivity contribution in [3.05, 3.63) is 29.5 Å². The van der Waals surface area contributed by atoms with Crippen molar-refractivity contribution < 1.29 is 19.1 Å². The number of fused-ring (bicyclic) bond motifs is 3. The third-order valence-electron chi connectivity index (χ3n) is 5.51. The molecule has 0 saturated carbocycles. The van der Waals surface area contributed by atoms with Gasteiger partial charge in [0, 0.05) is 37.1 Å². The summed E-state index contributed by atoms with van der Waals surface area (Å²) in [4.78, 5) is 14.2. The van der Waals surface area contributed by atoms with Crippen LogP contribution < -0.4 is 4.74 Å². The van der Waals surface area contributed by atoms with E-state index in [4.69, 9.17) is 9.15 Å². The van der Waals surface area contributed by atoms with Crippen molar-refractivity contribution >= 4 is 16.9 Å². The quantitative estimate of drug-likeness (QED) is 0.927. The molecule has 5 heteroatoms. The van der Waals surface area contributed by atoms with Crippen LogP contribution in [0.3, 0.4) is 0 Å². The Morgan fingerprint density at radius 1 is 1.24 bits per heavy atom. The predicted octanol–water partition coefficient (Wildman–Crippen LogP) is 2.92. The van der Waals surface area contributed by atoms with E-state index in [1.54, 1.807) is 0 Å². The van der Waals surface area contributed by atoms with Gasteiger partial charge in [0.05, 0.1) is 0 Å². The van der Waals surface area contributed by atoms with Crippen LogP contribution in [0.5, 0.6) is 5.75 Å². The molecule has 134 valence electrons. The van der Waals surface area contributed by atoms with E-state index in [1.807, 2.05) is 23.1 Å². The molecular weight excluding hydrogens is 318 g/mol. The largest absolute Gasteiger partial charge is 0.484 e. The van der Waals surface area contributed by atoms with E-state index in [0.717, 1.165) is 48.2 Å². The van der Waals surface area contributed by atoms with Gasteiger partial charge in [-0.3, -0.25) is 4.79 Å². The second-order valence-corrected chi connectivity index (χ2v) is 7.16. The molecule has 1 aromatic carbocycles. The van der Waals surface area contributed by atoms with Crippen molar-refractivity contribution in [2.45, 2.75) is 38.5 Å². The number of rotatable bonds is 4. The SMILES string of the molecule is O=C(COc1ccc2oc3c(c2c1)CCCC3)N1CCC(CO)CC1. The fourth-order valence-corrected chi connectivity index (χ4v) is 3.93. The Bertz CT molecular complexity index is 758. The van der Waals surface area contributed by atoms with Crippen LogP contribution in [-0.2, 0) is 17.6 Å². The van der Waals surface area contributed by atoms with Gasteiger partial charge in [-0.05, 0) is 56.2 Å². The Kier molecular flexibility index (Phi) is 4.66. The van der Waals surface area contributed by atoms with Gasteiger partial charge in [-0.2, -0.15) is 0 Å². The first-order valence-corrected chi connectivity index (χ1v) is 9.30. The molecule has 25 heavy (non-hydrogen) atoms. The van der Waals surface area contributed by atoms with E-state index in [0.29, 0.717) is 19.0 Å². The second-order valence-electron chi connectivity index (χ2n) is 7.16. The molecule has 1 aromatic heterocycles. The van der Waals surface area contributed by atoms with Crippen molar-refractivity contribution in [2.24, 2.45) is 5.92 Å². The molecule has 1 amide bonds. The first kappa shape index (κ1) is 16.5. The number of nitrogens with zero attached hydrogens (tertiary/aromatic N) is 1. The van der Waals surface area contributed by atoms with Gasteiger partial charge < -0.3 is 19.2 Å². The zero-order chi connectivity index (χ0) is 17.2. The maximum Gasteiger partial charge on any atom is 0.260 e. The standard InChI is InChI=1S/C20H25NO4/c22-12-14-7-9-21(10-8-14)20(23)13-24-15-5-6-19-17(11-15)16-3-1-2-4-18(16)25-19/h5-6,11,14,22H,1-4,7-10,12-13H2. The highest BCUT2D eigenvalue weighted by atomic mass is 16.5. The average Bonchev–Trinajstić information content (AvgIpc) is 3.04. The zero-order valence-corrected chi connectivity index (χ0v) is 14.5. The molecule has 0 radical (unpaired) electrons. The van der Waals surface area contributed by atoms with Crippen LogP contribution in [0.4, 0.5) is 0 Å². The average molecular weight is 343 g/mol.